The zero-order valence-corrected chi connectivity index (χ0v) is 13.5. The monoisotopic (exact) mass is 243 g/mol. The van der Waals surface area contributed by atoms with E-state index >= 15 is 0 Å². The van der Waals surface area contributed by atoms with E-state index in [1.54, 1.807) is 24.9 Å². The normalized spacial score (nSPS) is 21.6. The summed E-state index contributed by atoms with van der Waals surface area (Å²) in [6, 6.07) is 3.90. The van der Waals surface area contributed by atoms with Crippen LogP contribution in [0.4, 0.5) is 0 Å². The van der Waals surface area contributed by atoms with Gasteiger partial charge in [-0.1, -0.05) is 58.5 Å². The third kappa shape index (κ3) is 5.32. The molecule has 1 atom stereocenters. The van der Waals surface area contributed by atoms with Crippen molar-refractivity contribution >= 4 is 18.5 Å². The molecule has 0 heterocycles. The van der Waals surface area contributed by atoms with Gasteiger partial charge in [0.25, 0.3) is 0 Å². The molecule has 15 heavy (non-hydrogen) atoms. The molecule has 1 saturated carbocycles. The molecule has 0 aromatic rings. The number of hydrogen-bond acceptors (Lipinski definition) is 1. The first-order chi connectivity index (χ1) is 7.24. The lowest BCUT2D eigenvalue weighted by atomic mass is 10.0. The summed E-state index contributed by atoms with van der Waals surface area (Å²) in [5.74, 6) is 0. The lowest BCUT2D eigenvalue weighted by molar-refractivity contribution is 0.488. The highest BCUT2D eigenvalue weighted by Crippen LogP contribution is 2.32. The van der Waals surface area contributed by atoms with Gasteiger partial charge in [-0.25, -0.2) is 0 Å². The van der Waals surface area contributed by atoms with Crippen LogP contribution in [0.2, 0.25) is 24.2 Å². The van der Waals surface area contributed by atoms with Gasteiger partial charge in [0.05, 0.1) is 0 Å². The summed E-state index contributed by atoms with van der Waals surface area (Å²) in [6.45, 7) is 7.11. The van der Waals surface area contributed by atoms with Crippen LogP contribution in [0.3, 0.4) is 0 Å². The molecule has 1 aliphatic rings. The van der Waals surface area contributed by atoms with Gasteiger partial charge in [0.2, 0.25) is 0 Å². The first kappa shape index (κ1) is 13.5. The van der Waals surface area contributed by atoms with Crippen LogP contribution in [-0.4, -0.2) is 24.5 Å². The Kier molecular flexibility index (Phi) is 6.85. The molecule has 0 aliphatic heterocycles. The molecule has 1 N–H and O–H groups in total. The van der Waals surface area contributed by atoms with Crippen LogP contribution >= 0.6 is 0 Å². The van der Waals surface area contributed by atoms with Crippen LogP contribution in [-0.2, 0) is 0 Å². The molecule has 0 saturated heterocycles. The average Bonchev–Trinajstić information content (AvgIpc) is 2.25. The summed E-state index contributed by atoms with van der Waals surface area (Å²) < 4.78 is 0. The average molecular weight is 244 g/mol. The second-order valence-electron chi connectivity index (χ2n) is 5.47. The minimum Gasteiger partial charge on any atom is -0.337 e. The lowest BCUT2D eigenvalue weighted by Crippen LogP contribution is -2.43. The molecule has 0 amide bonds. The van der Waals surface area contributed by atoms with Gasteiger partial charge in [-0.15, -0.1) is 0 Å². The van der Waals surface area contributed by atoms with Gasteiger partial charge in [-0.2, -0.15) is 0 Å². The Morgan fingerprint density at radius 1 is 1.27 bits per heavy atom. The molecule has 1 aliphatic carbocycles. The molecule has 1 fully saturated rings. The fourth-order valence-electron chi connectivity index (χ4n) is 2.84. The maximum atomic E-state index is 3.95. The molecule has 90 valence electrons. The van der Waals surface area contributed by atoms with Crippen LogP contribution in [0.5, 0.6) is 0 Å². The summed E-state index contributed by atoms with van der Waals surface area (Å²) in [5.41, 5.74) is 1.13. The van der Waals surface area contributed by atoms with Crippen molar-refractivity contribution in [3.05, 3.63) is 0 Å². The first-order valence-corrected chi connectivity index (χ1v) is 11.5. The number of hydrogen-bond donors (Lipinski definition) is 1. The van der Waals surface area contributed by atoms with E-state index in [-0.39, 0.29) is 0 Å². The van der Waals surface area contributed by atoms with Crippen molar-refractivity contribution in [1.82, 2.24) is 4.98 Å². The molecule has 0 spiro atoms. The summed E-state index contributed by atoms with van der Waals surface area (Å²) in [4.78, 5) is 3.95. The SMILES string of the molecule is C[SiH2]CC[SiH](NC(C)C)C1CCCCC1. The molecule has 3 heteroatoms. The highest BCUT2D eigenvalue weighted by molar-refractivity contribution is 6.59. The topological polar surface area (TPSA) is 12.0 Å². The maximum Gasteiger partial charge on any atom is 0.111 e. The summed E-state index contributed by atoms with van der Waals surface area (Å²) >= 11 is 0. The Balaban J connectivity index is 2.37. The zero-order valence-electron chi connectivity index (χ0n) is 10.9. The molecule has 1 unspecified atom stereocenters. The molecule has 0 aromatic carbocycles. The third-order valence-corrected chi connectivity index (χ3v) is 9.50. The third-order valence-electron chi connectivity index (χ3n) is 3.63. The molecular formula is C12H29NSi2. The summed E-state index contributed by atoms with van der Waals surface area (Å²) in [7, 11) is -0.309. The Labute approximate surface area is 99.9 Å². The van der Waals surface area contributed by atoms with Crippen LogP contribution < -0.4 is 4.98 Å². The minimum absolute atomic E-state index is 0.296. The zero-order chi connectivity index (χ0) is 11.1. The maximum absolute atomic E-state index is 3.95. The van der Waals surface area contributed by atoms with Gasteiger partial charge >= 0.3 is 0 Å². The molecular weight excluding hydrogens is 214 g/mol. The van der Waals surface area contributed by atoms with E-state index in [4.69, 9.17) is 0 Å². The molecule has 0 radical (unpaired) electrons. The van der Waals surface area contributed by atoms with Crippen LogP contribution in [0.15, 0.2) is 0 Å². The van der Waals surface area contributed by atoms with Crippen LogP contribution in [0.25, 0.3) is 0 Å². The van der Waals surface area contributed by atoms with Gasteiger partial charge in [0.15, 0.2) is 0 Å². The standard InChI is InChI=1S/C12H29NSi2/c1-11(2)13-15(10-9-14-3)12-7-5-4-6-8-12/h11-13,15H,4-10,14H2,1-3H3. The largest absolute Gasteiger partial charge is 0.337 e. The Bertz CT molecular complexity index is 156. The van der Waals surface area contributed by atoms with Gasteiger partial charge in [0, 0.05) is 9.52 Å². The second-order valence-corrected chi connectivity index (χ2v) is 10.2. The first-order valence-electron chi connectivity index (χ1n) is 7.00. The number of rotatable bonds is 6. The van der Waals surface area contributed by atoms with Crippen molar-refractivity contribution in [3.63, 3.8) is 0 Å². The van der Waals surface area contributed by atoms with Crippen molar-refractivity contribution in [2.24, 2.45) is 0 Å². The van der Waals surface area contributed by atoms with E-state index in [9.17, 15) is 0 Å². The predicted molar refractivity (Wildman–Crippen MR) is 76.3 cm³/mol. The van der Waals surface area contributed by atoms with Gasteiger partial charge in [-0.3, -0.25) is 0 Å². The van der Waals surface area contributed by atoms with E-state index in [1.165, 1.54) is 19.3 Å². The number of nitrogens with one attached hydrogen (secondary N) is 1. The fraction of sp³-hybridized carbons (Fsp3) is 1.00. The molecule has 1 rings (SSSR count). The van der Waals surface area contributed by atoms with E-state index in [0.29, 0.717) is 9.52 Å². The van der Waals surface area contributed by atoms with Crippen molar-refractivity contribution in [1.29, 1.82) is 0 Å². The smallest absolute Gasteiger partial charge is 0.111 e. The van der Waals surface area contributed by atoms with Crippen molar-refractivity contribution in [3.8, 4) is 0 Å². The van der Waals surface area contributed by atoms with E-state index < -0.39 is 8.96 Å². The molecule has 0 bridgehead atoms. The van der Waals surface area contributed by atoms with Gasteiger partial charge < -0.3 is 4.98 Å². The van der Waals surface area contributed by atoms with E-state index in [2.05, 4.69) is 25.4 Å². The fourth-order valence-corrected chi connectivity index (χ4v) is 9.28. The van der Waals surface area contributed by atoms with Crippen molar-refractivity contribution in [2.75, 3.05) is 0 Å². The van der Waals surface area contributed by atoms with E-state index in [0.717, 1.165) is 11.6 Å². The summed E-state index contributed by atoms with van der Waals surface area (Å²) in [5, 5.41) is 0. The summed E-state index contributed by atoms with van der Waals surface area (Å²) in [6.07, 6.45) is 7.61. The molecule has 0 aromatic heterocycles. The van der Waals surface area contributed by atoms with Crippen molar-refractivity contribution in [2.45, 2.75) is 76.2 Å². The Morgan fingerprint density at radius 2 is 1.93 bits per heavy atom. The van der Waals surface area contributed by atoms with Crippen LogP contribution in [0.1, 0.15) is 46.0 Å². The Hall–Kier alpha value is 0.394. The van der Waals surface area contributed by atoms with Crippen LogP contribution in [0, 0.1) is 0 Å². The minimum atomic E-state index is -0.606. The lowest BCUT2D eigenvalue weighted by Gasteiger charge is -2.31. The molecule has 1 nitrogen and oxygen atoms in total. The highest BCUT2D eigenvalue weighted by Gasteiger charge is 2.24. The van der Waals surface area contributed by atoms with E-state index in [1.807, 2.05) is 0 Å². The second kappa shape index (κ2) is 7.63. The highest BCUT2D eigenvalue weighted by atomic mass is 28.3. The van der Waals surface area contributed by atoms with Crippen molar-refractivity contribution < 1.29 is 0 Å². The van der Waals surface area contributed by atoms with Gasteiger partial charge in [-0.05, 0) is 17.6 Å². The van der Waals surface area contributed by atoms with Gasteiger partial charge in [0.1, 0.15) is 8.96 Å². The quantitative estimate of drug-likeness (QED) is 0.707. The Morgan fingerprint density at radius 3 is 2.47 bits per heavy atom. The predicted octanol–water partition coefficient (Wildman–Crippen LogP) is 2.68.